The first-order chi connectivity index (χ1) is 7.24. The Labute approximate surface area is 95.8 Å². The van der Waals surface area contributed by atoms with Crippen LogP contribution in [0.3, 0.4) is 0 Å². The van der Waals surface area contributed by atoms with Gasteiger partial charge in [-0.3, -0.25) is 0 Å². The molecule has 0 aliphatic heterocycles. The summed E-state index contributed by atoms with van der Waals surface area (Å²) in [6.45, 7) is 11.7. The van der Waals surface area contributed by atoms with Crippen molar-refractivity contribution in [2.24, 2.45) is 5.92 Å². The van der Waals surface area contributed by atoms with Crippen molar-refractivity contribution in [3.05, 3.63) is 0 Å². The van der Waals surface area contributed by atoms with Crippen LogP contribution in [0.1, 0.15) is 53.4 Å². The van der Waals surface area contributed by atoms with E-state index >= 15 is 0 Å². The van der Waals surface area contributed by atoms with Crippen molar-refractivity contribution in [2.45, 2.75) is 59.4 Å². The molecule has 0 bridgehead atoms. The van der Waals surface area contributed by atoms with Gasteiger partial charge in [0.05, 0.1) is 0 Å². The molecule has 0 aliphatic carbocycles. The van der Waals surface area contributed by atoms with Crippen LogP contribution in [-0.2, 0) is 4.74 Å². The molecule has 0 radical (unpaired) electrons. The van der Waals surface area contributed by atoms with Crippen LogP contribution in [0.25, 0.3) is 0 Å². The summed E-state index contributed by atoms with van der Waals surface area (Å²) in [7, 11) is 0. The van der Waals surface area contributed by atoms with Crippen molar-refractivity contribution in [3.63, 3.8) is 0 Å². The lowest BCUT2D eigenvalue weighted by atomic mass is 9.97. The molecule has 0 fully saturated rings. The predicted octanol–water partition coefficient (Wildman–Crippen LogP) is 3.22. The maximum atomic E-state index is 5.42. The summed E-state index contributed by atoms with van der Waals surface area (Å²) in [5, 5.41) is 3.61. The lowest BCUT2D eigenvalue weighted by Crippen LogP contribution is -2.32. The Hall–Kier alpha value is -0.0800. The van der Waals surface area contributed by atoms with Gasteiger partial charge in [0.2, 0.25) is 0 Å². The average Bonchev–Trinajstić information content (AvgIpc) is 2.25. The van der Waals surface area contributed by atoms with Crippen molar-refractivity contribution in [2.75, 3.05) is 19.8 Å². The number of hydrogen-bond donors (Lipinski definition) is 1. The second-order valence-corrected chi connectivity index (χ2v) is 4.39. The summed E-state index contributed by atoms with van der Waals surface area (Å²) in [6, 6.07) is 0.645. The van der Waals surface area contributed by atoms with E-state index in [1.54, 1.807) is 0 Å². The molecule has 15 heavy (non-hydrogen) atoms. The average molecular weight is 215 g/mol. The van der Waals surface area contributed by atoms with Gasteiger partial charge < -0.3 is 10.1 Å². The number of rotatable bonds is 10. The molecular formula is C13H29NO. The Morgan fingerprint density at radius 2 is 1.93 bits per heavy atom. The van der Waals surface area contributed by atoms with E-state index in [9.17, 15) is 0 Å². The fourth-order valence-corrected chi connectivity index (χ4v) is 1.67. The van der Waals surface area contributed by atoms with Crippen molar-refractivity contribution < 1.29 is 4.74 Å². The van der Waals surface area contributed by atoms with Crippen LogP contribution in [0, 0.1) is 5.92 Å². The molecule has 2 unspecified atom stereocenters. The molecule has 0 aliphatic rings. The van der Waals surface area contributed by atoms with Crippen LogP contribution in [0.4, 0.5) is 0 Å². The summed E-state index contributed by atoms with van der Waals surface area (Å²) in [5.74, 6) is 0.820. The maximum Gasteiger partial charge on any atom is 0.0480 e. The van der Waals surface area contributed by atoms with Gasteiger partial charge >= 0.3 is 0 Å². The van der Waals surface area contributed by atoms with E-state index in [1.807, 2.05) is 0 Å². The van der Waals surface area contributed by atoms with Gasteiger partial charge in [-0.25, -0.2) is 0 Å². The van der Waals surface area contributed by atoms with Crippen molar-refractivity contribution in [1.82, 2.24) is 5.32 Å². The fraction of sp³-hybridized carbons (Fsp3) is 1.00. The molecule has 0 heterocycles. The third kappa shape index (κ3) is 8.88. The third-order valence-corrected chi connectivity index (χ3v) is 2.88. The molecule has 2 heteroatoms. The van der Waals surface area contributed by atoms with Gasteiger partial charge in [0.15, 0.2) is 0 Å². The topological polar surface area (TPSA) is 21.3 Å². The van der Waals surface area contributed by atoms with Crippen LogP contribution < -0.4 is 5.32 Å². The van der Waals surface area contributed by atoms with E-state index in [1.165, 1.54) is 19.3 Å². The highest BCUT2D eigenvalue weighted by molar-refractivity contribution is 4.69. The summed E-state index contributed by atoms with van der Waals surface area (Å²) < 4.78 is 5.42. The van der Waals surface area contributed by atoms with Crippen LogP contribution in [0.2, 0.25) is 0 Å². The van der Waals surface area contributed by atoms with Gasteiger partial charge in [-0.15, -0.1) is 0 Å². The first-order valence-corrected chi connectivity index (χ1v) is 6.55. The van der Waals surface area contributed by atoms with Crippen LogP contribution in [0.5, 0.6) is 0 Å². The Morgan fingerprint density at radius 1 is 1.20 bits per heavy atom. The second-order valence-electron chi connectivity index (χ2n) is 4.39. The molecule has 1 N–H and O–H groups in total. The molecule has 2 nitrogen and oxygen atoms in total. The highest BCUT2D eigenvalue weighted by Crippen LogP contribution is 2.12. The molecule has 0 spiro atoms. The lowest BCUT2D eigenvalue weighted by molar-refractivity contribution is 0.133. The first kappa shape index (κ1) is 14.9. The SMILES string of the molecule is CCCNC(CCOCC)CC(C)CC. The van der Waals surface area contributed by atoms with E-state index in [4.69, 9.17) is 4.74 Å². The maximum absolute atomic E-state index is 5.42. The van der Waals surface area contributed by atoms with Crippen molar-refractivity contribution in [3.8, 4) is 0 Å². The summed E-state index contributed by atoms with van der Waals surface area (Å²) in [5.41, 5.74) is 0. The monoisotopic (exact) mass is 215 g/mol. The highest BCUT2D eigenvalue weighted by atomic mass is 16.5. The molecule has 92 valence electrons. The zero-order valence-corrected chi connectivity index (χ0v) is 11.0. The van der Waals surface area contributed by atoms with E-state index < -0.39 is 0 Å². The molecule has 0 saturated heterocycles. The van der Waals surface area contributed by atoms with E-state index in [0.717, 1.165) is 32.1 Å². The number of ether oxygens (including phenoxy) is 1. The molecule has 0 rings (SSSR count). The van der Waals surface area contributed by atoms with Gasteiger partial charge in [-0.1, -0.05) is 27.2 Å². The third-order valence-electron chi connectivity index (χ3n) is 2.88. The standard InChI is InChI=1S/C13H29NO/c1-5-9-14-13(8-10-15-7-3)11-12(4)6-2/h12-14H,5-11H2,1-4H3. The fourth-order valence-electron chi connectivity index (χ4n) is 1.67. The molecule has 0 aromatic rings. The molecular weight excluding hydrogens is 186 g/mol. The Bertz CT molecular complexity index is 128. The van der Waals surface area contributed by atoms with Gasteiger partial charge in [0, 0.05) is 19.3 Å². The minimum absolute atomic E-state index is 0.645. The predicted molar refractivity (Wildman–Crippen MR) is 67.3 cm³/mol. The molecule has 0 amide bonds. The lowest BCUT2D eigenvalue weighted by Gasteiger charge is -2.21. The minimum atomic E-state index is 0.645. The van der Waals surface area contributed by atoms with Crippen molar-refractivity contribution in [1.29, 1.82) is 0 Å². The van der Waals surface area contributed by atoms with Gasteiger partial charge in [0.1, 0.15) is 0 Å². The minimum Gasteiger partial charge on any atom is -0.382 e. The number of nitrogens with one attached hydrogen (secondary N) is 1. The Morgan fingerprint density at radius 3 is 2.47 bits per heavy atom. The van der Waals surface area contributed by atoms with Gasteiger partial charge in [-0.2, -0.15) is 0 Å². The second kappa shape index (κ2) is 10.4. The van der Waals surface area contributed by atoms with Crippen molar-refractivity contribution >= 4 is 0 Å². The molecule has 0 saturated carbocycles. The molecule has 0 aromatic carbocycles. The van der Waals surface area contributed by atoms with E-state index in [0.29, 0.717) is 6.04 Å². The summed E-state index contributed by atoms with van der Waals surface area (Å²) >= 11 is 0. The Balaban J connectivity index is 3.72. The molecule has 2 atom stereocenters. The van der Waals surface area contributed by atoms with E-state index in [2.05, 4.69) is 33.0 Å². The van der Waals surface area contributed by atoms with Crippen LogP contribution >= 0.6 is 0 Å². The van der Waals surface area contributed by atoms with Crippen LogP contribution in [-0.4, -0.2) is 25.8 Å². The quantitative estimate of drug-likeness (QED) is 0.565. The Kier molecular flexibility index (Phi) is 10.4. The first-order valence-electron chi connectivity index (χ1n) is 6.55. The van der Waals surface area contributed by atoms with Crippen LogP contribution in [0.15, 0.2) is 0 Å². The van der Waals surface area contributed by atoms with Gasteiger partial charge in [-0.05, 0) is 38.6 Å². The largest absolute Gasteiger partial charge is 0.382 e. The smallest absolute Gasteiger partial charge is 0.0480 e. The zero-order chi connectivity index (χ0) is 11.5. The normalized spacial score (nSPS) is 15.2. The summed E-state index contributed by atoms with van der Waals surface area (Å²) in [6.07, 6.45) is 4.92. The van der Waals surface area contributed by atoms with Gasteiger partial charge in [0.25, 0.3) is 0 Å². The zero-order valence-electron chi connectivity index (χ0n) is 11.0. The van der Waals surface area contributed by atoms with E-state index in [-0.39, 0.29) is 0 Å². The highest BCUT2D eigenvalue weighted by Gasteiger charge is 2.11. The summed E-state index contributed by atoms with van der Waals surface area (Å²) in [4.78, 5) is 0. The number of hydrogen-bond acceptors (Lipinski definition) is 2. The molecule has 0 aromatic heterocycles.